The lowest BCUT2D eigenvalue weighted by molar-refractivity contribution is -0.132. The average Bonchev–Trinajstić information content (AvgIpc) is 3.04. The second-order valence-corrected chi connectivity index (χ2v) is 7.22. The van der Waals surface area contributed by atoms with Crippen molar-refractivity contribution in [2.45, 2.75) is 6.04 Å². The molecule has 1 amide bonds. The molecule has 0 aliphatic carbocycles. The van der Waals surface area contributed by atoms with Gasteiger partial charge in [0.15, 0.2) is 0 Å². The average molecular weight is 420 g/mol. The minimum Gasteiger partial charge on any atom is -0.507 e. The van der Waals surface area contributed by atoms with Crippen LogP contribution < -0.4 is 9.64 Å². The van der Waals surface area contributed by atoms with E-state index in [1.54, 1.807) is 79.9 Å². The molecule has 0 bridgehead atoms. The Morgan fingerprint density at radius 2 is 1.67 bits per heavy atom. The van der Waals surface area contributed by atoms with Crippen LogP contribution in [0.4, 0.5) is 5.69 Å². The van der Waals surface area contributed by atoms with Gasteiger partial charge in [-0.05, 0) is 35.9 Å². The van der Waals surface area contributed by atoms with Crippen LogP contribution in [-0.2, 0) is 9.59 Å². The number of ether oxygens (including phenoxy) is 1. The van der Waals surface area contributed by atoms with Gasteiger partial charge in [-0.2, -0.15) is 0 Å². The number of ketones is 1. The summed E-state index contributed by atoms with van der Waals surface area (Å²) in [6.45, 7) is 0. The molecule has 0 radical (unpaired) electrons. The molecule has 5 nitrogen and oxygen atoms in total. The first-order valence-corrected chi connectivity index (χ1v) is 9.65. The van der Waals surface area contributed by atoms with E-state index < -0.39 is 17.7 Å². The molecular weight excluding hydrogens is 402 g/mol. The van der Waals surface area contributed by atoms with E-state index in [-0.39, 0.29) is 11.3 Å². The molecule has 1 fully saturated rings. The standard InChI is InChI=1S/C24H18ClNO4/c1-30-19-12-10-15(11-13-19)21-20(22(27)16-6-3-2-4-7-16)23(28)24(29)26(21)18-9-5-8-17(25)14-18/h2-14,21,27H,1H3. The molecule has 1 aliphatic heterocycles. The first-order valence-electron chi connectivity index (χ1n) is 9.27. The Kier molecular flexibility index (Phi) is 5.29. The van der Waals surface area contributed by atoms with Crippen molar-refractivity contribution in [1.82, 2.24) is 0 Å². The smallest absolute Gasteiger partial charge is 0.300 e. The van der Waals surface area contributed by atoms with Crippen molar-refractivity contribution in [3.05, 3.63) is 101 Å². The molecule has 1 heterocycles. The number of Topliss-reactive ketones (excluding diaryl/α,β-unsaturated/α-hetero) is 1. The fraction of sp³-hybridized carbons (Fsp3) is 0.0833. The number of halogens is 1. The Bertz CT molecular complexity index is 1140. The van der Waals surface area contributed by atoms with Crippen molar-refractivity contribution in [2.75, 3.05) is 12.0 Å². The zero-order valence-corrected chi connectivity index (χ0v) is 16.8. The molecule has 3 aromatic carbocycles. The van der Waals surface area contributed by atoms with Gasteiger partial charge in [-0.25, -0.2) is 0 Å². The Morgan fingerprint density at radius 1 is 0.967 bits per heavy atom. The van der Waals surface area contributed by atoms with Gasteiger partial charge in [-0.1, -0.05) is 60.1 Å². The number of rotatable bonds is 4. The maximum atomic E-state index is 13.0. The number of carbonyl (C=O) groups excluding carboxylic acids is 2. The molecule has 4 rings (SSSR count). The predicted octanol–water partition coefficient (Wildman–Crippen LogP) is 4.97. The van der Waals surface area contributed by atoms with E-state index in [2.05, 4.69) is 0 Å². The molecule has 1 saturated heterocycles. The summed E-state index contributed by atoms with van der Waals surface area (Å²) in [6.07, 6.45) is 0. The number of hydrogen-bond donors (Lipinski definition) is 1. The van der Waals surface area contributed by atoms with Crippen molar-refractivity contribution in [2.24, 2.45) is 0 Å². The highest BCUT2D eigenvalue weighted by molar-refractivity contribution is 6.51. The quantitative estimate of drug-likeness (QED) is 0.368. The van der Waals surface area contributed by atoms with Gasteiger partial charge in [-0.15, -0.1) is 0 Å². The zero-order chi connectivity index (χ0) is 21.3. The van der Waals surface area contributed by atoms with Gasteiger partial charge in [0.1, 0.15) is 11.5 Å². The lowest BCUT2D eigenvalue weighted by Crippen LogP contribution is -2.29. The Hall–Kier alpha value is -3.57. The molecule has 6 heteroatoms. The van der Waals surface area contributed by atoms with Crippen LogP contribution in [0.5, 0.6) is 5.75 Å². The summed E-state index contributed by atoms with van der Waals surface area (Å²) in [5.41, 5.74) is 1.61. The van der Waals surface area contributed by atoms with Gasteiger partial charge in [-0.3, -0.25) is 14.5 Å². The fourth-order valence-corrected chi connectivity index (χ4v) is 3.76. The number of carbonyl (C=O) groups is 2. The van der Waals surface area contributed by atoms with Gasteiger partial charge in [0.2, 0.25) is 0 Å². The molecule has 1 unspecified atom stereocenters. The number of aliphatic hydroxyl groups is 1. The third kappa shape index (κ3) is 3.44. The van der Waals surface area contributed by atoms with Gasteiger partial charge in [0.05, 0.1) is 18.7 Å². The number of benzene rings is 3. The Morgan fingerprint density at radius 3 is 2.30 bits per heavy atom. The summed E-state index contributed by atoms with van der Waals surface area (Å²) < 4.78 is 5.22. The van der Waals surface area contributed by atoms with Crippen molar-refractivity contribution in [1.29, 1.82) is 0 Å². The van der Waals surface area contributed by atoms with Crippen molar-refractivity contribution < 1.29 is 19.4 Å². The van der Waals surface area contributed by atoms with Gasteiger partial charge in [0.25, 0.3) is 11.7 Å². The molecule has 0 spiro atoms. The number of aliphatic hydroxyl groups excluding tert-OH is 1. The zero-order valence-electron chi connectivity index (χ0n) is 16.1. The first kappa shape index (κ1) is 19.7. The van der Waals surface area contributed by atoms with Crippen molar-refractivity contribution in [3.8, 4) is 5.75 Å². The third-order valence-corrected chi connectivity index (χ3v) is 5.24. The van der Waals surface area contributed by atoms with E-state index in [0.29, 0.717) is 27.6 Å². The SMILES string of the molecule is COc1ccc(C2C(=C(O)c3ccccc3)C(=O)C(=O)N2c2cccc(Cl)c2)cc1. The number of nitrogens with zero attached hydrogens (tertiary/aromatic N) is 1. The van der Waals surface area contributed by atoms with E-state index in [9.17, 15) is 14.7 Å². The van der Waals surface area contributed by atoms with Crippen LogP contribution in [0.3, 0.4) is 0 Å². The Balaban J connectivity index is 1.94. The molecule has 1 aliphatic rings. The van der Waals surface area contributed by atoms with E-state index in [4.69, 9.17) is 16.3 Å². The highest BCUT2D eigenvalue weighted by Crippen LogP contribution is 2.42. The highest BCUT2D eigenvalue weighted by Gasteiger charge is 2.47. The number of anilines is 1. The fourth-order valence-electron chi connectivity index (χ4n) is 3.58. The van der Waals surface area contributed by atoms with Gasteiger partial charge < -0.3 is 9.84 Å². The summed E-state index contributed by atoms with van der Waals surface area (Å²) in [6, 6.07) is 21.6. The minimum absolute atomic E-state index is 0.0244. The van der Waals surface area contributed by atoms with E-state index in [1.807, 2.05) is 6.07 Å². The molecule has 1 N–H and O–H groups in total. The monoisotopic (exact) mass is 419 g/mol. The Labute approximate surface area is 178 Å². The molecular formula is C24H18ClNO4. The van der Waals surface area contributed by atoms with Gasteiger partial charge in [0, 0.05) is 16.3 Å². The molecule has 0 aromatic heterocycles. The molecule has 0 saturated carbocycles. The van der Waals surface area contributed by atoms with E-state index in [1.165, 1.54) is 4.90 Å². The maximum Gasteiger partial charge on any atom is 0.300 e. The first-order chi connectivity index (χ1) is 14.5. The van der Waals surface area contributed by atoms with Crippen molar-refractivity contribution >= 4 is 34.7 Å². The predicted molar refractivity (Wildman–Crippen MR) is 116 cm³/mol. The molecule has 30 heavy (non-hydrogen) atoms. The summed E-state index contributed by atoms with van der Waals surface area (Å²) in [7, 11) is 1.56. The lowest BCUT2D eigenvalue weighted by atomic mass is 9.95. The number of amides is 1. The summed E-state index contributed by atoms with van der Waals surface area (Å²) in [5.74, 6) is -1.06. The van der Waals surface area contributed by atoms with Gasteiger partial charge >= 0.3 is 0 Å². The van der Waals surface area contributed by atoms with Crippen LogP contribution in [0, 0.1) is 0 Å². The van der Waals surface area contributed by atoms with Crippen LogP contribution in [0.25, 0.3) is 5.76 Å². The summed E-state index contributed by atoms with van der Waals surface area (Å²) in [5, 5.41) is 11.4. The molecule has 150 valence electrons. The van der Waals surface area contributed by atoms with Crippen LogP contribution in [0.1, 0.15) is 17.2 Å². The normalized spacial score (nSPS) is 17.9. The second kappa shape index (κ2) is 8.05. The number of methoxy groups -OCH3 is 1. The van der Waals surface area contributed by atoms with Crippen molar-refractivity contribution in [3.63, 3.8) is 0 Å². The number of hydrogen-bond acceptors (Lipinski definition) is 4. The lowest BCUT2D eigenvalue weighted by Gasteiger charge is -2.25. The molecule has 3 aromatic rings. The van der Waals surface area contributed by atoms with Crippen LogP contribution in [-0.4, -0.2) is 23.9 Å². The largest absolute Gasteiger partial charge is 0.507 e. The van der Waals surface area contributed by atoms with Crippen LogP contribution in [0.2, 0.25) is 5.02 Å². The minimum atomic E-state index is -0.811. The summed E-state index contributed by atoms with van der Waals surface area (Å²) in [4.78, 5) is 27.4. The third-order valence-electron chi connectivity index (χ3n) is 5.01. The topological polar surface area (TPSA) is 66.8 Å². The van der Waals surface area contributed by atoms with E-state index in [0.717, 1.165) is 0 Å². The van der Waals surface area contributed by atoms with E-state index >= 15 is 0 Å². The van der Waals surface area contributed by atoms with Crippen LogP contribution in [0.15, 0.2) is 84.4 Å². The highest BCUT2D eigenvalue weighted by atomic mass is 35.5. The van der Waals surface area contributed by atoms with Crippen LogP contribution >= 0.6 is 11.6 Å². The second-order valence-electron chi connectivity index (χ2n) is 6.79. The summed E-state index contributed by atoms with van der Waals surface area (Å²) >= 11 is 6.13. The molecule has 1 atom stereocenters. The maximum absolute atomic E-state index is 13.0.